The molecule has 3 aromatic rings. The lowest BCUT2D eigenvalue weighted by Crippen LogP contribution is -2.35. The van der Waals surface area contributed by atoms with Crippen LogP contribution in [0.1, 0.15) is 12.0 Å². The molecule has 0 atom stereocenters. The largest absolute Gasteiger partial charge is 0.495 e. The second-order valence-corrected chi connectivity index (χ2v) is 9.56. The van der Waals surface area contributed by atoms with E-state index >= 15 is 0 Å². The van der Waals surface area contributed by atoms with E-state index in [-0.39, 0.29) is 4.90 Å². The summed E-state index contributed by atoms with van der Waals surface area (Å²) < 4.78 is 33.1. The number of hydrogen-bond acceptors (Lipinski definition) is 4. The molecule has 1 aliphatic heterocycles. The van der Waals surface area contributed by atoms with Gasteiger partial charge in [0.2, 0.25) is 0 Å². The van der Waals surface area contributed by atoms with Crippen LogP contribution in [0.5, 0.6) is 5.75 Å². The first-order valence-electron chi connectivity index (χ1n) is 10.0. The smallest absolute Gasteiger partial charge is 0.323 e. The van der Waals surface area contributed by atoms with Crippen LogP contribution < -0.4 is 19.7 Å². The van der Waals surface area contributed by atoms with Gasteiger partial charge in [-0.2, -0.15) is 0 Å². The molecule has 32 heavy (non-hydrogen) atoms. The third-order valence-corrected chi connectivity index (χ3v) is 7.22. The summed E-state index contributed by atoms with van der Waals surface area (Å²) >= 11 is 6.02. The number of rotatable bonds is 5. The van der Waals surface area contributed by atoms with E-state index in [9.17, 15) is 13.2 Å². The molecular weight excluding hydrogens is 450 g/mol. The highest BCUT2D eigenvalue weighted by molar-refractivity contribution is 7.92. The van der Waals surface area contributed by atoms with E-state index in [4.69, 9.17) is 16.3 Å². The van der Waals surface area contributed by atoms with Crippen molar-refractivity contribution in [3.05, 3.63) is 77.3 Å². The van der Waals surface area contributed by atoms with Gasteiger partial charge in [-0.1, -0.05) is 35.9 Å². The van der Waals surface area contributed by atoms with Gasteiger partial charge in [0.25, 0.3) is 10.0 Å². The first-order valence-corrected chi connectivity index (χ1v) is 11.8. The van der Waals surface area contributed by atoms with E-state index in [0.29, 0.717) is 34.4 Å². The van der Waals surface area contributed by atoms with Crippen LogP contribution in [0.15, 0.2) is 71.6 Å². The van der Waals surface area contributed by atoms with Gasteiger partial charge in [0.1, 0.15) is 5.75 Å². The summed E-state index contributed by atoms with van der Waals surface area (Å²) in [4.78, 5) is 12.8. The maximum atomic E-state index is 13.2. The molecule has 0 fully saturated rings. The number of nitrogens with zero attached hydrogens (tertiary/aromatic N) is 1. The monoisotopic (exact) mass is 471 g/mol. The Morgan fingerprint density at radius 3 is 2.56 bits per heavy atom. The Labute approximate surface area is 192 Å². The van der Waals surface area contributed by atoms with Crippen LogP contribution >= 0.6 is 11.6 Å². The third-order valence-electron chi connectivity index (χ3n) is 5.16. The lowest BCUT2D eigenvalue weighted by atomic mass is 10.0. The molecule has 1 heterocycles. The molecule has 4 rings (SSSR count). The first kappa shape index (κ1) is 22.0. The Balaban J connectivity index is 1.59. The Kier molecular flexibility index (Phi) is 6.25. The SMILES string of the molecule is COc1ccc(Cl)cc1NC(=O)Nc1ccc2c(c1)N(S(=O)(=O)c1ccccc1)CCC2. The molecule has 2 amide bonds. The molecule has 166 valence electrons. The highest BCUT2D eigenvalue weighted by atomic mass is 35.5. The highest BCUT2D eigenvalue weighted by Crippen LogP contribution is 2.34. The number of amides is 2. The Morgan fingerprint density at radius 2 is 1.81 bits per heavy atom. The molecule has 1 aliphatic rings. The van der Waals surface area contributed by atoms with E-state index in [1.54, 1.807) is 60.7 Å². The molecule has 0 bridgehead atoms. The van der Waals surface area contributed by atoms with Gasteiger partial charge < -0.3 is 15.4 Å². The minimum Gasteiger partial charge on any atom is -0.495 e. The zero-order chi connectivity index (χ0) is 22.7. The second kappa shape index (κ2) is 9.10. The molecule has 0 saturated heterocycles. The van der Waals surface area contributed by atoms with Crippen molar-refractivity contribution in [3.8, 4) is 5.75 Å². The van der Waals surface area contributed by atoms with Crippen molar-refractivity contribution in [2.24, 2.45) is 0 Å². The standard InChI is InChI=1S/C23H22ClN3O4S/c1-31-22-12-10-17(24)14-20(22)26-23(28)25-18-11-9-16-6-5-13-27(21(16)15-18)32(29,30)19-7-3-2-4-8-19/h2-4,7-12,14-15H,5-6,13H2,1H3,(H2,25,26,28). The maximum absolute atomic E-state index is 13.2. The number of urea groups is 1. The number of carbonyl (C=O) groups is 1. The van der Waals surface area contributed by atoms with Gasteiger partial charge >= 0.3 is 6.03 Å². The summed E-state index contributed by atoms with van der Waals surface area (Å²) in [6.07, 6.45) is 1.49. The van der Waals surface area contributed by atoms with E-state index < -0.39 is 16.1 Å². The molecule has 7 nitrogen and oxygen atoms in total. The van der Waals surface area contributed by atoms with E-state index in [2.05, 4.69) is 10.6 Å². The number of methoxy groups -OCH3 is 1. The van der Waals surface area contributed by atoms with Crippen molar-refractivity contribution >= 4 is 44.7 Å². The van der Waals surface area contributed by atoms with Crippen LogP contribution in [-0.4, -0.2) is 28.1 Å². The molecule has 0 aromatic heterocycles. The van der Waals surface area contributed by atoms with Crippen LogP contribution in [0.2, 0.25) is 5.02 Å². The van der Waals surface area contributed by atoms with E-state index in [0.717, 1.165) is 18.4 Å². The Bertz CT molecular complexity index is 1250. The van der Waals surface area contributed by atoms with Crippen LogP contribution in [0, 0.1) is 0 Å². The second-order valence-electron chi connectivity index (χ2n) is 7.26. The zero-order valence-electron chi connectivity index (χ0n) is 17.3. The Morgan fingerprint density at radius 1 is 1.03 bits per heavy atom. The normalized spacial score (nSPS) is 13.2. The fraction of sp³-hybridized carbons (Fsp3) is 0.174. The van der Waals surface area contributed by atoms with Crippen molar-refractivity contribution in [1.82, 2.24) is 0 Å². The molecule has 0 aliphatic carbocycles. The minimum absolute atomic E-state index is 0.233. The molecule has 0 unspecified atom stereocenters. The van der Waals surface area contributed by atoms with Crippen molar-refractivity contribution in [3.63, 3.8) is 0 Å². The van der Waals surface area contributed by atoms with Gasteiger partial charge in [-0.25, -0.2) is 13.2 Å². The number of halogens is 1. The summed E-state index contributed by atoms with van der Waals surface area (Å²) in [6, 6.07) is 18.0. The molecular formula is C23H22ClN3O4S. The summed E-state index contributed by atoms with van der Waals surface area (Å²) in [7, 11) is -2.21. The molecule has 0 radical (unpaired) electrons. The van der Waals surface area contributed by atoms with Crippen molar-refractivity contribution < 1.29 is 17.9 Å². The third kappa shape index (κ3) is 4.51. The van der Waals surface area contributed by atoms with E-state index in [1.807, 2.05) is 6.07 Å². The molecule has 0 saturated carbocycles. The van der Waals surface area contributed by atoms with Gasteiger partial charge in [-0.3, -0.25) is 4.31 Å². The van der Waals surface area contributed by atoms with Crippen LogP contribution in [-0.2, 0) is 16.4 Å². The number of anilines is 3. The lowest BCUT2D eigenvalue weighted by Gasteiger charge is -2.31. The number of benzene rings is 3. The van der Waals surface area contributed by atoms with Crippen LogP contribution in [0.25, 0.3) is 0 Å². The minimum atomic E-state index is -3.71. The van der Waals surface area contributed by atoms with Gasteiger partial charge in [0.15, 0.2) is 0 Å². The van der Waals surface area contributed by atoms with Gasteiger partial charge in [-0.15, -0.1) is 0 Å². The van der Waals surface area contributed by atoms with Gasteiger partial charge in [0, 0.05) is 17.3 Å². The molecule has 0 spiro atoms. The summed E-state index contributed by atoms with van der Waals surface area (Å²) in [5.74, 6) is 0.468. The fourth-order valence-corrected chi connectivity index (χ4v) is 5.38. The number of hydrogen-bond donors (Lipinski definition) is 2. The number of sulfonamides is 1. The number of fused-ring (bicyclic) bond motifs is 1. The average molecular weight is 472 g/mol. The number of nitrogens with one attached hydrogen (secondary N) is 2. The van der Waals surface area contributed by atoms with Crippen LogP contribution in [0.3, 0.4) is 0 Å². The lowest BCUT2D eigenvalue weighted by molar-refractivity contribution is 0.262. The summed E-state index contributed by atoms with van der Waals surface area (Å²) in [5, 5.41) is 5.91. The number of aryl methyl sites for hydroxylation is 1. The predicted molar refractivity (Wildman–Crippen MR) is 126 cm³/mol. The zero-order valence-corrected chi connectivity index (χ0v) is 18.9. The molecule has 9 heteroatoms. The number of carbonyl (C=O) groups excluding carboxylic acids is 1. The number of ether oxygens (including phenoxy) is 1. The quantitative estimate of drug-likeness (QED) is 0.539. The highest BCUT2D eigenvalue weighted by Gasteiger charge is 2.29. The fourth-order valence-electron chi connectivity index (χ4n) is 3.65. The van der Waals surface area contributed by atoms with E-state index in [1.165, 1.54) is 11.4 Å². The maximum Gasteiger partial charge on any atom is 0.323 e. The summed E-state index contributed by atoms with van der Waals surface area (Å²) in [5.41, 5.74) is 2.37. The topological polar surface area (TPSA) is 87.7 Å². The summed E-state index contributed by atoms with van der Waals surface area (Å²) in [6.45, 7) is 0.375. The van der Waals surface area contributed by atoms with Crippen molar-refractivity contribution in [2.75, 3.05) is 28.6 Å². The van der Waals surface area contributed by atoms with Gasteiger partial charge in [-0.05, 0) is 60.9 Å². The molecule has 3 aromatic carbocycles. The van der Waals surface area contributed by atoms with Crippen molar-refractivity contribution in [2.45, 2.75) is 17.7 Å². The Hall–Kier alpha value is -3.23. The van der Waals surface area contributed by atoms with Crippen LogP contribution in [0.4, 0.5) is 21.9 Å². The predicted octanol–water partition coefficient (Wildman–Crippen LogP) is 5.13. The van der Waals surface area contributed by atoms with Crippen molar-refractivity contribution in [1.29, 1.82) is 0 Å². The first-order chi connectivity index (χ1) is 15.4. The molecule has 2 N–H and O–H groups in total. The average Bonchev–Trinajstić information content (AvgIpc) is 2.79. The van der Waals surface area contributed by atoms with Gasteiger partial charge in [0.05, 0.1) is 23.4 Å².